The SMILES string of the molecule is NS(=O)(=O)c1ccccc1N1CCN(c2ccc([N+](=O)[O-])cc2Cl)CC1. The molecule has 10 heteroatoms. The van der Waals surface area contributed by atoms with Gasteiger partial charge in [0.05, 0.1) is 21.3 Å². The molecule has 0 saturated carbocycles. The van der Waals surface area contributed by atoms with E-state index in [0.29, 0.717) is 36.9 Å². The Labute approximate surface area is 156 Å². The van der Waals surface area contributed by atoms with Gasteiger partial charge < -0.3 is 9.80 Å². The predicted molar refractivity (Wildman–Crippen MR) is 100 cm³/mol. The van der Waals surface area contributed by atoms with E-state index in [1.807, 2.05) is 9.80 Å². The van der Waals surface area contributed by atoms with Crippen molar-refractivity contribution in [3.63, 3.8) is 0 Å². The molecule has 0 unspecified atom stereocenters. The number of hydrogen-bond acceptors (Lipinski definition) is 6. The van der Waals surface area contributed by atoms with Gasteiger partial charge in [-0.05, 0) is 18.2 Å². The second-order valence-corrected chi connectivity index (χ2v) is 7.82. The molecule has 0 aliphatic carbocycles. The van der Waals surface area contributed by atoms with E-state index in [4.69, 9.17) is 16.7 Å². The van der Waals surface area contributed by atoms with Crippen LogP contribution in [0.5, 0.6) is 0 Å². The average molecular weight is 397 g/mol. The number of anilines is 2. The number of halogens is 1. The molecular weight excluding hydrogens is 380 g/mol. The number of nitrogens with two attached hydrogens (primary N) is 1. The number of nitrogens with zero attached hydrogens (tertiary/aromatic N) is 3. The Morgan fingerprint density at radius 1 is 1.00 bits per heavy atom. The molecule has 2 aromatic carbocycles. The van der Waals surface area contributed by atoms with Crippen molar-refractivity contribution < 1.29 is 13.3 Å². The number of non-ortho nitro benzene ring substituents is 1. The summed E-state index contributed by atoms with van der Waals surface area (Å²) in [6, 6.07) is 11.0. The van der Waals surface area contributed by atoms with Crippen molar-refractivity contribution in [2.24, 2.45) is 5.14 Å². The lowest BCUT2D eigenvalue weighted by molar-refractivity contribution is -0.384. The van der Waals surface area contributed by atoms with Gasteiger partial charge in [0.25, 0.3) is 5.69 Å². The van der Waals surface area contributed by atoms with Crippen LogP contribution in [0, 0.1) is 10.1 Å². The van der Waals surface area contributed by atoms with Crippen molar-refractivity contribution in [2.75, 3.05) is 36.0 Å². The second-order valence-electron chi connectivity index (χ2n) is 5.88. The molecule has 1 aliphatic heterocycles. The fraction of sp³-hybridized carbons (Fsp3) is 0.250. The summed E-state index contributed by atoms with van der Waals surface area (Å²) in [6.07, 6.45) is 0. The fourth-order valence-corrected chi connectivity index (χ4v) is 4.06. The molecule has 0 atom stereocenters. The van der Waals surface area contributed by atoms with Crippen molar-refractivity contribution in [1.29, 1.82) is 0 Å². The van der Waals surface area contributed by atoms with Crippen molar-refractivity contribution in [3.05, 3.63) is 57.6 Å². The van der Waals surface area contributed by atoms with Crippen LogP contribution in [0.1, 0.15) is 0 Å². The standard InChI is InChI=1S/C16H17ClN4O4S/c17-13-11-12(21(22)23)5-6-14(13)19-7-9-20(10-8-19)15-3-1-2-4-16(15)26(18,24)25/h1-6,11H,7-10H2,(H2,18,24,25). The number of piperazine rings is 1. The summed E-state index contributed by atoms with van der Waals surface area (Å²) in [4.78, 5) is 14.4. The van der Waals surface area contributed by atoms with Crippen molar-refractivity contribution in [1.82, 2.24) is 0 Å². The van der Waals surface area contributed by atoms with E-state index >= 15 is 0 Å². The summed E-state index contributed by atoms with van der Waals surface area (Å²) in [5, 5.41) is 16.4. The van der Waals surface area contributed by atoms with Crippen LogP contribution in [0.25, 0.3) is 0 Å². The number of nitro groups is 1. The van der Waals surface area contributed by atoms with Crippen LogP contribution in [-0.2, 0) is 10.0 Å². The highest BCUT2D eigenvalue weighted by molar-refractivity contribution is 7.89. The summed E-state index contributed by atoms with van der Waals surface area (Å²) < 4.78 is 23.6. The van der Waals surface area contributed by atoms with Gasteiger partial charge >= 0.3 is 0 Å². The van der Waals surface area contributed by atoms with Crippen LogP contribution in [0.3, 0.4) is 0 Å². The molecule has 1 heterocycles. The number of sulfonamides is 1. The topological polar surface area (TPSA) is 110 Å². The number of nitro benzene ring substituents is 1. The quantitative estimate of drug-likeness (QED) is 0.626. The number of rotatable bonds is 4. The highest BCUT2D eigenvalue weighted by Crippen LogP contribution is 2.32. The zero-order valence-corrected chi connectivity index (χ0v) is 15.3. The molecule has 0 aromatic heterocycles. The van der Waals surface area contributed by atoms with Crippen LogP contribution in [-0.4, -0.2) is 39.5 Å². The van der Waals surface area contributed by atoms with E-state index in [0.717, 1.165) is 5.69 Å². The lowest BCUT2D eigenvalue weighted by Gasteiger charge is -2.38. The molecule has 138 valence electrons. The van der Waals surface area contributed by atoms with E-state index < -0.39 is 14.9 Å². The van der Waals surface area contributed by atoms with Gasteiger partial charge in [0, 0.05) is 38.3 Å². The van der Waals surface area contributed by atoms with Gasteiger partial charge in [-0.25, -0.2) is 13.6 Å². The molecule has 0 spiro atoms. The smallest absolute Gasteiger partial charge is 0.271 e. The molecule has 0 bridgehead atoms. The summed E-state index contributed by atoms with van der Waals surface area (Å²) >= 11 is 6.19. The van der Waals surface area contributed by atoms with E-state index in [1.165, 1.54) is 18.2 Å². The lowest BCUT2D eigenvalue weighted by atomic mass is 10.2. The van der Waals surface area contributed by atoms with Gasteiger partial charge in [-0.2, -0.15) is 0 Å². The predicted octanol–water partition coefficient (Wildman–Crippen LogP) is 2.22. The van der Waals surface area contributed by atoms with Gasteiger partial charge in [-0.15, -0.1) is 0 Å². The van der Waals surface area contributed by atoms with Gasteiger partial charge in [0.2, 0.25) is 10.0 Å². The Balaban J connectivity index is 1.78. The van der Waals surface area contributed by atoms with Crippen LogP contribution < -0.4 is 14.9 Å². The minimum absolute atomic E-state index is 0.0561. The van der Waals surface area contributed by atoms with Gasteiger partial charge in [-0.1, -0.05) is 23.7 Å². The van der Waals surface area contributed by atoms with Crippen LogP contribution in [0.15, 0.2) is 47.4 Å². The van der Waals surface area contributed by atoms with Crippen LogP contribution in [0.4, 0.5) is 17.1 Å². The zero-order valence-electron chi connectivity index (χ0n) is 13.7. The Bertz CT molecular complexity index is 943. The third-order valence-electron chi connectivity index (χ3n) is 4.27. The monoisotopic (exact) mass is 396 g/mol. The summed E-state index contributed by atoms with van der Waals surface area (Å²) in [5.74, 6) is 0. The van der Waals surface area contributed by atoms with Crippen molar-refractivity contribution in [2.45, 2.75) is 4.90 Å². The van der Waals surface area contributed by atoms with E-state index in [-0.39, 0.29) is 10.6 Å². The first kappa shape index (κ1) is 18.4. The molecule has 0 radical (unpaired) electrons. The van der Waals surface area contributed by atoms with Crippen molar-refractivity contribution in [3.8, 4) is 0 Å². The third kappa shape index (κ3) is 3.74. The maximum Gasteiger partial charge on any atom is 0.271 e. The maximum atomic E-state index is 11.8. The number of benzene rings is 2. The maximum absolute atomic E-state index is 11.8. The summed E-state index contributed by atoms with van der Waals surface area (Å²) in [6.45, 7) is 2.33. The van der Waals surface area contributed by atoms with E-state index in [9.17, 15) is 18.5 Å². The summed E-state index contributed by atoms with van der Waals surface area (Å²) in [5.41, 5.74) is 1.24. The number of para-hydroxylation sites is 1. The minimum atomic E-state index is -3.81. The number of primary sulfonamides is 1. The Kier molecular flexibility index (Phi) is 5.03. The van der Waals surface area contributed by atoms with Crippen LogP contribution >= 0.6 is 11.6 Å². The normalized spacial score (nSPS) is 15.2. The molecule has 8 nitrogen and oxygen atoms in total. The Morgan fingerprint density at radius 2 is 1.58 bits per heavy atom. The second kappa shape index (κ2) is 7.10. The largest absolute Gasteiger partial charge is 0.367 e. The first-order valence-electron chi connectivity index (χ1n) is 7.83. The molecule has 26 heavy (non-hydrogen) atoms. The molecule has 1 fully saturated rings. The first-order chi connectivity index (χ1) is 12.3. The van der Waals surface area contributed by atoms with Crippen molar-refractivity contribution >= 4 is 38.7 Å². The minimum Gasteiger partial charge on any atom is -0.367 e. The van der Waals surface area contributed by atoms with Crippen LogP contribution in [0.2, 0.25) is 5.02 Å². The number of hydrogen-bond donors (Lipinski definition) is 1. The molecule has 2 aromatic rings. The summed E-state index contributed by atoms with van der Waals surface area (Å²) in [7, 11) is -3.81. The van der Waals surface area contributed by atoms with Gasteiger partial charge in [0.15, 0.2) is 0 Å². The third-order valence-corrected chi connectivity index (χ3v) is 5.54. The molecular formula is C16H17ClN4O4S. The Morgan fingerprint density at radius 3 is 2.12 bits per heavy atom. The Hall–Kier alpha value is -2.36. The van der Waals surface area contributed by atoms with Gasteiger partial charge in [-0.3, -0.25) is 10.1 Å². The molecule has 3 rings (SSSR count). The average Bonchev–Trinajstić information content (AvgIpc) is 2.61. The zero-order chi connectivity index (χ0) is 18.9. The molecule has 2 N–H and O–H groups in total. The molecule has 0 amide bonds. The van der Waals surface area contributed by atoms with Gasteiger partial charge in [0.1, 0.15) is 4.90 Å². The molecule has 1 aliphatic rings. The highest BCUT2D eigenvalue weighted by Gasteiger charge is 2.24. The highest BCUT2D eigenvalue weighted by atomic mass is 35.5. The first-order valence-corrected chi connectivity index (χ1v) is 9.75. The fourth-order valence-electron chi connectivity index (χ4n) is 3.01. The van der Waals surface area contributed by atoms with E-state index in [2.05, 4.69) is 0 Å². The lowest BCUT2D eigenvalue weighted by Crippen LogP contribution is -2.47. The molecule has 1 saturated heterocycles. The van der Waals surface area contributed by atoms with E-state index in [1.54, 1.807) is 24.3 Å².